The molecule has 0 saturated carbocycles. The van der Waals surface area contributed by atoms with Crippen LogP contribution in [-0.4, -0.2) is 21.2 Å². The molecule has 0 spiro atoms. The van der Waals surface area contributed by atoms with E-state index in [1.165, 1.54) is 10.4 Å². The Morgan fingerprint density at radius 2 is 1.89 bits per heavy atom. The Balaban J connectivity index is 1.41. The van der Waals surface area contributed by atoms with Gasteiger partial charge in [-0.05, 0) is 62.6 Å². The van der Waals surface area contributed by atoms with Crippen LogP contribution >= 0.6 is 11.3 Å². The number of ketones is 1. The maximum atomic E-state index is 13.7. The lowest BCUT2D eigenvalue weighted by Crippen LogP contribution is -2.35. The number of benzene rings is 2. The summed E-state index contributed by atoms with van der Waals surface area (Å²) in [7, 11) is 0. The summed E-state index contributed by atoms with van der Waals surface area (Å²) in [6.45, 7) is 4.73. The number of Topliss-reactive ketones (excluding diaryl/α,β-unsaturated/α-hetero) is 1. The summed E-state index contributed by atoms with van der Waals surface area (Å²) < 4.78 is 2.15. The number of anilines is 1. The topological polar surface area (TPSA) is 76.0 Å². The average Bonchev–Trinajstić information content (AvgIpc) is 3.47. The monoisotopic (exact) mass is 508 g/mol. The van der Waals surface area contributed by atoms with Crippen LogP contribution in [0, 0.1) is 6.92 Å². The number of aromatic nitrogens is 2. The Kier molecular flexibility index (Phi) is 6.00. The molecule has 2 aromatic heterocycles. The van der Waals surface area contributed by atoms with Gasteiger partial charge in [-0.2, -0.15) is 0 Å². The first-order valence-corrected chi connectivity index (χ1v) is 13.4. The minimum absolute atomic E-state index is 0.129. The predicted octanol–water partition coefficient (Wildman–Crippen LogP) is 6.06. The van der Waals surface area contributed by atoms with Gasteiger partial charge < -0.3 is 15.2 Å². The molecule has 4 aromatic rings. The molecule has 7 heteroatoms. The van der Waals surface area contributed by atoms with Crippen molar-refractivity contribution in [1.29, 1.82) is 0 Å². The van der Waals surface area contributed by atoms with E-state index < -0.39 is 0 Å². The van der Waals surface area contributed by atoms with Crippen molar-refractivity contribution in [2.45, 2.75) is 45.6 Å². The van der Waals surface area contributed by atoms with Gasteiger partial charge in [0, 0.05) is 44.4 Å². The molecular weight excluding hydrogens is 480 g/mol. The number of aryl methyl sites for hydroxylation is 1. The van der Waals surface area contributed by atoms with Crippen LogP contribution < -0.4 is 10.6 Å². The van der Waals surface area contributed by atoms with Crippen molar-refractivity contribution in [3.05, 3.63) is 105 Å². The number of hydrogen-bond donors (Lipinski definition) is 2. The van der Waals surface area contributed by atoms with Crippen LogP contribution in [-0.2, 0) is 16.1 Å². The third-order valence-corrected chi connectivity index (χ3v) is 8.40. The fourth-order valence-electron chi connectivity index (χ4n) is 5.45. The van der Waals surface area contributed by atoms with Gasteiger partial charge in [0.1, 0.15) is 0 Å². The highest BCUT2D eigenvalue weighted by Gasteiger charge is 2.39. The number of fused-ring (bicyclic) bond motifs is 1. The molecule has 2 aliphatic rings. The molecule has 0 bridgehead atoms. The second-order valence-electron chi connectivity index (χ2n) is 9.68. The molecule has 1 atom stereocenters. The van der Waals surface area contributed by atoms with E-state index in [1.807, 2.05) is 61.8 Å². The molecule has 6 rings (SSSR count). The zero-order valence-electron chi connectivity index (χ0n) is 20.9. The lowest BCUT2D eigenvalue weighted by molar-refractivity contribution is -0.116. The number of carbonyl (C=O) groups excluding carboxylic acids is 2. The van der Waals surface area contributed by atoms with Gasteiger partial charge in [-0.3, -0.25) is 9.59 Å². The van der Waals surface area contributed by atoms with Crippen LogP contribution in [0.4, 0.5) is 5.69 Å². The molecule has 0 fully saturated rings. The number of rotatable bonds is 5. The van der Waals surface area contributed by atoms with Crippen molar-refractivity contribution < 1.29 is 9.59 Å². The Bertz CT molecular complexity index is 1590. The number of amides is 1. The zero-order valence-corrected chi connectivity index (χ0v) is 21.7. The first-order valence-electron chi connectivity index (χ1n) is 12.6. The molecule has 1 unspecified atom stereocenters. The summed E-state index contributed by atoms with van der Waals surface area (Å²) in [5.41, 5.74) is 7.08. The molecule has 186 valence electrons. The van der Waals surface area contributed by atoms with Gasteiger partial charge in [-0.25, -0.2) is 4.98 Å². The smallest absolute Gasteiger partial charge is 0.254 e. The Morgan fingerprint density at radius 3 is 2.73 bits per heavy atom. The fourth-order valence-corrected chi connectivity index (χ4v) is 6.62. The van der Waals surface area contributed by atoms with Gasteiger partial charge in [0.2, 0.25) is 0 Å². The van der Waals surface area contributed by atoms with Crippen LogP contribution in [0.25, 0.3) is 11.0 Å². The van der Waals surface area contributed by atoms with Crippen molar-refractivity contribution in [2.24, 2.45) is 0 Å². The van der Waals surface area contributed by atoms with Gasteiger partial charge in [0.15, 0.2) is 5.78 Å². The van der Waals surface area contributed by atoms with E-state index in [0.29, 0.717) is 18.5 Å². The summed E-state index contributed by atoms with van der Waals surface area (Å²) >= 11 is 1.67. The molecule has 0 radical (unpaired) electrons. The van der Waals surface area contributed by atoms with Crippen LogP contribution in [0.1, 0.15) is 47.4 Å². The Morgan fingerprint density at radius 1 is 1.11 bits per heavy atom. The van der Waals surface area contributed by atoms with E-state index in [2.05, 4.69) is 39.2 Å². The van der Waals surface area contributed by atoms with Gasteiger partial charge in [-0.1, -0.05) is 30.3 Å². The first kappa shape index (κ1) is 23.4. The number of nitrogens with zero attached hydrogens (tertiary/aromatic N) is 2. The van der Waals surface area contributed by atoms with Crippen molar-refractivity contribution in [2.75, 3.05) is 5.32 Å². The molecular formula is C30H28N4O2S. The SMILES string of the molecule is CC1=C(C(=O)Nc2ccccc2)C(c2cc(Cn3cnc4ccccc43)c(C)s2)C2=C(CCCC2=O)N1. The molecule has 1 aliphatic heterocycles. The highest BCUT2D eigenvalue weighted by atomic mass is 32.1. The molecule has 2 N–H and O–H groups in total. The third-order valence-electron chi connectivity index (χ3n) is 7.24. The highest BCUT2D eigenvalue weighted by molar-refractivity contribution is 7.12. The maximum absolute atomic E-state index is 13.7. The van der Waals surface area contributed by atoms with Crippen LogP contribution in [0.3, 0.4) is 0 Å². The summed E-state index contributed by atoms with van der Waals surface area (Å²) in [4.78, 5) is 33.7. The van der Waals surface area contributed by atoms with Crippen LogP contribution in [0.15, 0.2) is 89.5 Å². The standard InChI is InChI=1S/C30H28N4O2S/c1-18-27(30(36)33-21-9-4-3-5-10-21)29(28-23(32-18)12-8-14-25(28)35)26-15-20(19(2)37-26)16-34-17-31-22-11-6-7-13-24(22)34/h3-7,9-11,13,15,17,29,32H,8,12,14,16H2,1-2H3,(H,33,36). The van der Waals surface area contributed by atoms with E-state index in [1.54, 1.807) is 11.3 Å². The van der Waals surface area contributed by atoms with Crippen LogP contribution in [0.5, 0.6) is 0 Å². The number of nitrogens with one attached hydrogen (secondary N) is 2. The van der Waals surface area contributed by atoms with E-state index in [4.69, 9.17) is 0 Å². The fraction of sp³-hybridized carbons (Fsp3) is 0.233. The van der Waals surface area contributed by atoms with Gasteiger partial charge in [-0.15, -0.1) is 11.3 Å². The number of para-hydroxylation sites is 3. The van der Waals surface area contributed by atoms with E-state index in [9.17, 15) is 9.59 Å². The minimum atomic E-state index is -0.384. The van der Waals surface area contributed by atoms with Gasteiger partial charge >= 0.3 is 0 Å². The number of imidazole rings is 1. The van der Waals surface area contributed by atoms with E-state index >= 15 is 0 Å². The number of thiophene rings is 1. The van der Waals surface area contributed by atoms with Crippen molar-refractivity contribution >= 4 is 39.7 Å². The number of allylic oxidation sites excluding steroid dienone is 3. The normalized spacial score (nSPS) is 17.7. The largest absolute Gasteiger partial charge is 0.362 e. The molecule has 3 heterocycles. The molecule has 1 aliphatic carbocycles. The summed E-state index contributed by atoms with van der Waals surface area (Å²) in [5.74, 6) is -0.437. The lowest BCUT2D eigenvalue weighted by atomic mass is 9.77. The van der Waals surface area contributed by atoms with Crippen molar-refractivity contribution in [1.82, 2.24) is 14.9 Å². The first-order chi connectivity index (χ1) is 18.0. The summed E-state index contributed by atoms with van der Waals surface area (Å²) in [5, 5.41) is 6.46. The quantitative estimate of drug-likeness (QED) is 0.344. The third kappa shape index (κ3) is 4.29. The van der Waals surface area contributed by atoms with Gasteiger partial charge in [0.05, 0.1) is 29.8 Å². The predicted molar refractivity (Wildman–Crippen MR) is 147 cm³/mol. The molecule has 2 aromatic carbocycles. The molecule has 0 saturated heterocycles. The summed E-state index contributed by atoms with van der Waals surface area (Å²) in [6.07, 6.45) is 4.04. The molecule has 37 heavy (non-hydrogen) atoms. The van der Waals surface area contributed by atoms with Crippen LogP contribution in [0.2, 0.25) is 0 Å². The number of carbonyl (C=O) groups is 2. The Hall–Kier alpha value is -3.97. The molecule has 1 amide bonds. The average molecular weight is 509 g/mol. The van der Waals surface area contributed by atoms with Gasteiger partial charge in [0.25, 0.3) is 5.91 Å². The minimum Gasteiger partial charge on any atom is -0.362 e. The number of hydrogen-bond acceptors (Lipinski definition) is 5. The van der Waals surface area contributed by atoms with E-state index in [-0.39, 0.29) is 17.6 Å². The lowest BCUT2D eigenvalue weighted by Gasteiger charge is -2.33. The second kappa shape index (κ2) is 9.48. The molecule has 6 nitrogen and oxygen atoms in total. The zero-order chi connectivity index (χ0) is 25.5. The van der Waals surface area contributed by atoms with Crippen molar-refractivity contribution in [3.63, 3.8) is 0 Å². The number of dihydropyridines is 1. The van der Waals surface area contributed by atoms with Crippen molar-refractivity contribution in [3.8, 4) is 0 Å². The summed E-state index contributed by atoms with van der Waals surface area (Å²) in [6, 6.07) is 19.7. The maximum Gasteiger partial charge on any atom is 0.254 e. The second-order valence-corrected chi connectivity index (χ2v) is 11.0. The van der Waals surface area contributed by atoms with E-state index in [0.717, 1.165) is 51.4 Å². The highest BCUT2D eigenvalue weighted by Crippen LogP contribution is 2.45. The Labute approximate surface area is 219 Å².